The summed E-state index contributed by atoms with van der Waals surface area (Å²) in [5.41, 5.74) is 6.52. The van der Waals surface area contributed by atoms with Crippen LogP contribution in [0.15, 0.2) is 12.1 Å². The van der Waals surface area contributed by atoms with E-state index in [-0.39, 0.29) is 5.91 Å². The van der Waals surface area contributed by atoms with E-state index in [1.807, 2.05) is 13.8 Å². The maximum absolute atomic E-state index is 12.0. The van der Waals surface area contributed by atoms with Crippen molar-refractivity contribution in [3.8, 4) is 0 Å². The summed E-state index contributed by atoms with van der Waals surface area (Å²) < 4.78 is 0.541. The number of nitrogens with one attached hydrogen (secondary N) is 1. The summed E-state index contributed by atoms with van der Waals surface area (Å²) in [5.74, 6) is -0.831. The number of anilines is 1. The van der Waals surface area contributed by atoms with Crippen molar-refractivity contribution in [3.63, 3.8) is 0 Å². The fourth-order valence-electron chi connectivity index (χ4n) is 1.61. The zero-order valence-electron chi connectivity index (χ0n) is 10.2. The largest absolute Gasteiger partial charge is 0.365 e. The molecule has 0 aliphatic heterocycles. The fraction of sp³-hybridized carbons (Fsp3) is 0.167. The summed E-state index contributed by atoms with van der Waals surface area (Å²) in [7, 11) is 0. The molecule has 2 aromatic rings. The van der Waals surface area contributed by atoms with Gasteiger partial charge in [0.05, 0.1) is 14.8 Å². The number of amides is 2. The molecule has 7 heteroatoms. The van der Waals surface area contributed by atoms with Gasteiger partial charge in [0.1, 0.15) is 5.00 Å². The Morgan fingerprint density at radius 2 is 1.95 bits per heavy atom. The summed E-state index contributed by atoms with van der Waals surface area (Å²) in [6.07, 6.45) is 0. The lowest BCUT2D eigenvalue weighted by atomic mass is 10.1. The molecular weight excluding hydrogens is 304 g/mol. The van der Waals surface area contributed by atoms with E-state index in [9.17, 15) is 9.59 Å². The van der Waals surface area contributed by atoms with Gasteiger partial charge in [0.25, 0.3) is 11.8 Å². The molecule has 2 aromatic heterocycles. The summed E-state index contributed by atoms with van der Waals surface area (Å²) in [4.78, 5) is 24.9. The second kappa shape index (κ2) is 5.32. The zero-order chi connectivity index (χ0) is 14.2. The van der Waals surface area contributed by atoms with Crippen LogP contribution in [0.3, 0.4) is 0 Å². The van der Waals surface area contributed by atoms with Crippen LogP contribution in [0.2, 0.25) is 4.34 Å². The number of hydrogen-bond acceptors (Lipinski definition) is 4. The minimum Gasteiger partial charge on any atom is -0.365 e. The van der Waals surface area contributed by atoms with Gasteiger partial charge in [0, 0.05) is 4.88 Å². The number of nitrogens with two attached hydrogens (primary N) is 1. The van der Waals surface area contributed by atoms with E-state index in [1.54, 1.807) is 12.1 Å². The van der Waals surface area contributed by atoms with Crippen LogP contribution in [0.1, 0.15) is 30.5 Å². The van der Waals surface area contributed by atoms with E-state index < -0.39 is 5.91 Å². The van der Waals surface area contributed by atoms with Crippen LogP contribution >= 0.6 is 34.3 Å². The second-order valence-electron chi connectivity index (χ2n) is 3.91. The third kappa shape index (κ3) is 2.80. The summed E-state index contributed by atoms with van der Waals surface area (Å²) >= 11 is 8.31. The van der Waals surface area contributed by atoms with Crippen LogP contribution in [0, 0.1) is 13.8 Å². The van der Waals surface area contributed by atoms with Crippen molar-refractivity contribution < 1.29 is 9.59 Å². The van der Waals surface area contributed by atoms with Gasteiger partial charge >= 0.3 is 0 Å². The Hall–Kier alpha value is -1.37. The Balaban J connectivity index is 2.31. The van der Waals surface area contributed by atoms with Gasteiger partial charge in [-0.05, 0) is 31.5 Å². The number of rotatable bonds is 3. The molecule has 0 saturated heterocycles. The van der Waals surface area contributed by atoms with Crippen molar-refractivity contribution in [1.82, 2.24) is 0 Å². The third-order valence-electron chi connectivity index (χ3n) is 2.66. The minimum atomic E-state index is -0.540. The number of hydrogen-bond donors (Lipinski definition) is 2. The molecule has 0 unspecified atom stereocenters. The van der Waals surface area contributed by atoms with Gasteiger partial charge < -0.3 is 11.1 Å². The molecule has 100 valence electrons. The first-order chi connectivity index (χ1) is 8.90. The SMILES string of the molecule is Cc1sc(NC(=O)c2ccc(Cl)s2)c(C(N)=O)c1C. The number of aryl methyl sites for hydroxylation is 1. The van der Waals surface area contributed by atoms with Crippen molar-refractivity contribution in [1.29, 1.82) is 0 Å². The highest BCUT2D eigenvalue weighted by atomic mass is 35.5. The Morgan fingerprint density at radius 1 is 1.26 bits per heavy atom. The highest BCUT2D eigenvalue weighted by Gasteiger charge is 2.19. The summed E-state index contributed by atoms with van der Waals surface area (Å²) in [5, 5.41) is 3.20. The maximum Gasteiger partial charge on any atom is 0.266 e. The lowest BCUT2D eigenvalue weighted by Crippen LogP contribution is -2.16. The van der Waals surface area contributed by atoms with Gasteiger partial charge in [-0.25, -0.2) is 0 Å². The lowest BCUT2D eigenvalue weighted by Gasteiger charge is -2.03. The predicted molar refractivity (Wildman–Crippen MR) is 79.6 cm³/mol. The highest BCUT2D eigenvalue weighted by Crippen LogP contribution is 2.33. The maximum atomic E-state index is 12.0. The number of primary amides is 1. The van der Waals surface area contributed by atoms with E-state index >= 15 is 0 Å². The molecule has 3 N–H and O–H groups in total. The molecule has 0 spiro atoms. The Labute approximate surface area is 123 Å². The Morgan fingerprint density at radius 3 is 2.47 bits per heavy atom. The molecule has 19 heavy (non-hydrogen) atoms. The smallest absolute Gasteiger partial charge is 0.266 e. The molecular formula is C12H11ClN2O2S2. The van der Waals surface area contributed by atoms with E-state index in [0.29, 0.717) is 19.8 Å². The van der Waals surface area contributed by atoms with Crippen molar-refractivity contribution in [2.75, 3.05) is 5.32 Å². The van der Waals surface area contributed by atoms with Crippen molar-refractivity contribution >= 4 is 51.1 Å². The normalized spacial score (nSPS) is 10.5. The van der Waals surface area contributed by atoms with Crippen molar-refractivity contribution in [3.05, 3.63) is 37.4 Å². The highest BCUT2D eigenvalue weighted by molar-refractivity contribution is 7.18. The van der Waals surface area contributed by atoms with Crippen molar-refractivity contribution in [2.45, 2.75) is 13.8 Å². The standard InChI is InChI=1S/C12H11ClN2O2S2/c1-5-6(2)18-12(9(5)10(14)16)15-11(17)7-3-4-8(13)19-7/h3-4H,1-2H3,(H2,14,16)(H,15,17). The quantitative estimate of drug-likeness (QED) is 0.911. The van der Waals surface area contributed by atoms with Gasteiger partial charge in [0.15, 0.2) is 0 Å². The van der Waals surface area contributed by atoms with Gasteiger partial charge in [-0.3, -0.25) is 9.59 Å². The number of thiophene rings is 2. The average molecular weight is 315 g/mol. The molecule has 2 heterocycles. The molecule has 2 amide bonds. The average Bonchev–Trinajstić information content (AvgIpc) is 2.85. The number of carbonyl (C=O) groups excluding carboxylic acids is 2. The van der Waals surface area contributed by atoms with E-state index in [0.717, 1.165) is 10.4 Å². The van der Waals surface area contributed by atoms with Gasteiger partial charge in [-0.15, -0.1) is 22.7 Å². The minimum absolute atomic E-state index is 0.291. The molecule has 0 atom stereocenters. The fourth-order valence-corrected chi connectivity index (χ4v) is 3.61. The van der Waals surface area contributed by atoms with Crippen LogP contribution in [-0.4, -0.2) is 11.8 Å². The van der Waals surface area contributed by atoms with Gasteiger partial charge in [-0.1, -0.05) is 11.6 Å². The monoisotopic (exact) mass is 314 g/mol. The molecule has 0 saturated carbocycles. The van der Waals surface area contributed by atoms with Crippen LogP contribution < -0.4 is 11.1 Å². The van der Waals surface area contributed by atoms with Crippen LogP contribution in [-0.2, 0) is 0 Å². The zero-order valence-corrected chi connectivity index (χ0v) is 12.6. The number of carbonyl (C=O) groups is 2. The molecule has 0 aromatic carbocycles. The Kier molecular flexibility index (Phi) is 3.93. The summed E-state index contributed by atoms with van der Waals surface area (Å²) in [6.45, 7) is 3.69. The molecule has 0 radical (unpaired) electrons. The first-order valence-electron chi connectivity index (χ1n) is 5.36. The second-order valence-corrected chi connectivity index (χ2v) is 6.85. The van der Waals surface area contributed by atoms with Crippen LogP contribution in [0.4, 0.5) is 5.00 Å². The molecule has 0 aliphatic rings. The van der Waals surface area contributed by atoms with Gasteiger partial charge in [0.2, 0.25) is 0 Å². The molecule has 0 aliphatic carbocycles. The van der Waals surface area contributed by atoms with E-state index in [4.69, 9.17) is 17.3 Å². The summed E-state index contributed by atoms with van der Waals surface area (Å²) in [6, 6.07) is 3.29. The molecule has 2 rings (SSSR count). The van der Waals surface area contributed by atoms with E-state index in [2.05, 4.69) is 5.32 Å². The lowest BCUT2D eigenvalue weighted by molar-refractivity contribution is 0.100. The topological polar surface area (TPSA) is 72.2 Å². The van der Waals surface area contributed by atoms with Crippen molar-refractivity contribution in [2.24, 2.45) is 5.73 Å². The van der Waals surface area contributed by atoms with E-state index in [1.165, 1.54) is 22.7 Å². The predicted octanol–water partition coefficient (Wildman–Crippen LogP) is 3.43. The Bertz CT molecular complexity index is 661. The van der Waals surface area contributed by atoms with Crippen LogP contribution in [0.25, 0.3) is 0 Å². The molecule has 0 fully saturated rings. The molecule has 0 bridgehead atoms. The van der Waals surface area contributed by atoms with Gasteiger partial charge in [-0.2, -0.15) is 0 Å². The number of halogens is 1. The van der Waals surface area contributed by atoms with Crippen LogP contribution in [0.5, 0.6) is 0 Å². The first-order valence-corrected chi connectivity index (χ1v) is 7.37. The first kappa shape index (κ1) is 14.0. The molecule has 4 nitrogen and oxygen atoms in total. The third-order valence-corrected chi connectivity index (χ3v) is 5.01.